The van der Waals surface area contributed by atoms with Crippen LogP contribution in [0.4, 0.5) is 5.69 Å². The lowest BCUT2D eigenvalue weighted by atomic mass is 10.0. The predicted molar refractivity (Wildman–Crippen MR) is 156 cm³/mol. The number of aromatic hydroxyl groups is 1. The molecule has 0 fully saturated rings. The van der Waals surface area contributed by atoms with Gasteiger partial charge in [-0.25, -0.2) is 4.79 Å². The number of nitrogens with one attached hydrogen (secondary N) is 2. The second-order valence-corrected chi connectivity index (χ2v) is 9.84. The van der Waals surface area contributed by atoms with Gasteiger partial charge in [0.15, 0.2) is 0 Å². The van der Waals surface area contributed by atoms with Crippen molar-refractivity contribution < 1.29 is 34.3 Å². The molecule has 0 aliphatic carbocycles. The second-order valence-electron chi connectivity index (χ2n) is 9.84. The second kappa shape index (κ2) is 15.1. The maximum Gasteiger partial charge on any atom is 0.326 e. The van der Waals surface area contributed by atoms with Crippen molar-refractivity contribution in [2.24, 2.45) is 5.73 Å². The zero-order valence-electron chi connectivity index (χ0n) is 23.4. The molecule has 0 spiro atoms. The summed E-state index contributed by atoms with van der Waals surface area (Å²) in [7, 11) is 0. The van der Waals surface area contributed by atoms with Crippen molar-refractivity contribution in [3.63, 3.8) is 0 Å². The Kier molecular flexibility index (Phi) is 11.3. The number of carbonyl (C=O) groups is 4. The number of hydrogen-bond donors (Lipinski definition) is 5. The van der Waals surface area contributed by atoms with Crippen LogP contribution in [0.2, 0.25) is 0 Å². The van der Waals surface area contributed by atoms with Crippen LogP contribution in [0.5, 0.6) is 5.75 Å². The van der Waals surface area contributed by atoms with Crippen LogP contribution >= 0.6 is 0 Å². The van der Waals surface area contributed by atoms with E-state index in [4.69, 9.17) is 5.73 Å². The summed E-state index contributed by atoms with van der Waals surface area (Å²) in [4.78, 5) is 62.8. The maximum atomic E-state index is 13.5. The minimum absolute atomic E-state index is 0.0210. The van der Waals surface area contributed by atoms with Gasteiger partial charge in [0.1, 0.15) is 17.8 Å². The Morgan fingerprint density at radius 1 is 0.930 bits per heavy atom. The Morgan fingerprint density at radius 3 is 2.07 bits per heavy atom. The predicted octanol–water partition coefficient (Wildman–Crippen LogP) is 1.52. The number of aliphatic carboxylic acids is 1. The molecule has 0 heterocycles. The number of carbonyl (C=O) groups excluding carboxylic acids is 3. The highest BCUT2D eigenvalue weighted by Gasteiger charge is 2.33. The summed E-state index contributed by atoms with van der Waals surface area (Å²) in [5.74, 6) is -4.01. The third-order valence-corrected chi connectivity index (χ3v) is 6.74. The number of nitro benzene ring substituents is 1. The van der Waals surface area contributed by atoms with Gasteiger partial charge in [-0.2, -0.15) is 0 Å². The van der Waals surface area contributed by atoms with Crippen LogP contribution in [0, 0.1) is 10.1 Å². The number of phenolic OH excluding ortho intramolecular Hbond substituents is 1. The highest BCUT2D eigenvalue weighted by atomic mass is 16.6. The summed E-state index contributed by atoms with van der Waals surface area (Å²) in [6.45, 7) is 0.224. The Morgan fingerprint density at radius 2 is 1.51 bits per heavy atom. The van der Waals surface area contributed by atoms with E-state index in [9.17, 15) is 39.5 Å². The average Bonchev–Trinajstić information content (AvgIpc) is 2.99. The van der Waals surface area contributed by atoms with Crippen LogP contribution in [-0.2, 0) is 38.6 Å². The van der Waals surface area contributed by atoms with Crippen LogP contribution in [0.25, 0.3) is 0 Å². The van der Waals surface area contributed by atoms with E-state index in [2.05, 4.69) is 10.6 Å². The van der Waals surface area contributed by atoms with Gasteiger partial charge >= 0.3 is 5.97 Å². The molecular weight excluding hydrogens is 558 g/mol. The number of carboxylic acids is 1. The third-order valence-electron chi connectivity index (χ3n) is 6.74. The average molecular weight is 592 g/mol. The van der Waals surface area contributed by atoms with Crippen LogP contribution in [0.3, 0.4) is 0 Å². The Balaban J connectivity index is 1.76. The Bertz CT molecular complexity index is 1450. The minimum Gasteiger partial charge on any atom is -0.507 e. The number of amides is 3. The normalized spacial score (nSPS) is 12.8. The Labute approximate surface area is 247 Å². The molecule has 0 bridgehead atoms. The summed E-state index contributed by atoms with van der Waals surface area (Å²) in [5.41, 5.74) is 6.98. The van der Waals surface area contributed by atoms with Crippen LogP contribution in [0.15, 0.2) is 78.9 Å². The van der Waals surface area contributed by atoms with E-state index in [-0.39, 0.29) is 18.4 Å². The fourth-order valence-electron chi connectivity index (χ4n) is 4.39. The summed E-state index contributed by atoms with van der Waals surface area (Å²) in [6.07, 6.45) is 0.126. The highest BCUT2D eigenvalue weighted by molar-refractivity contribution is 5.92. The number of phenols is 1. The molecule has 3 atom stereocenters. The van der Waals surface area contributed by atoms with Gasteiger partial charge in [-0.05, 0) is 30.5 Å². The first kappa shape index (κ1) is 32.2. The minimum atomic E-state index is -1.29. The molecule has 0 aromatic heterocycles. The zero-order valence-corrected chi connectivity index (χ0v) is 23.4. The smallest absolute Gasteiger partial charge is 0.326 e. The molecule has 226 valence electrons. The molecule has 0 saturated carbocycles. The van der Waals surface area contributed by atoms with Crippen molar-refractivity contribution in [2.45, 2.75) is 44.4 Å². The van der Waals surface area contributed by atoms with Gasteiger partial charge in [0.25, 0.3) is 5.69 Å². The molecule has 13 nitrogen and oxygen atoms in total. The van der Waals surface area contributed by atoms with Gasteiger partial charge in [-0.1, -0.05) is 66.7 Å². The van der Waals surface area contributed by atoms with E-state index in [1.54, 1.807) is 60.7 Å². The van der Waals surface area contributed by atoms with Crippen LogP contribution < -0.4 is 16.4 Å². The number of nitrogens with zero attached hydrogens (tertiary/aromatic N) is 2. The standard InChI is InChI=1S/C30H33N5O8/c1-19(28(38)32-17-27(37)33-24(30(40)41)16-21-11-6-3-7-12-21)34(18-22-25(35(42)43)13-8-14-26(22)36)29(39)23(31)15-20-9-4-2-5-10-20/h2-14,19,23-24,36H,15-18,31H2,1H3,(H,32,38)(H,33,37)(H,40,41)/t19-,23-,24-/m0/s1. The first-order chi connectivity index (χ1) is 20.5. The van der Waals surface area contributed by atoms with Gasteiger partial charge < -0.3 is 31.5 Å². The van der Waals surface area contributed by atoms with Gasteiger partial charge in [0.05, 0.1) is 29.6 Å². The zero-order chi connectivity index (χ0) is 31.5. The van der Waals surface area contributed by atoms with Gasteiger partial charge in [0, 0.05) is 12.5 Å². The van der Waals surface area contributed by atoms with Gasteiger partial charge in [-0.3, -0.25) is 24.5 Å². The lowest BCUT2D eigenvalue weighted by Gasteiger charge is -2.31. The SMILES string of the molecule is C[C@@H](C(=O)NCC(=O)N[C@@H](Cc1ccccc1)C(=O)O)N(Cc1c(O)cccc1[N+](=O)[O-])C(=O)[C@@H](N)Cc1ccccc1. The monoisotopic (exact) mass is 591 g/mol. The van der Waals surface area contributed by atoms with E-state index in [1.165, 1.54) is 19.1 Å². The molecule has 0 saturated heterocycles. The number of carboxylic acid groups (broad SMARTS) is 1. The Hall–Kier alpha value is -5.30. The molecule has 0 radical (unpaired) electrons. The fourth-order valence-corrected chi connectivity index (χ4v) is 4.39. The molecule has 6 N–H and O–H groups in total. The first-order valence-electron chi connectivity index (χ1n) is 13.4. The topological polar surface area (TPSA) is 205 Å². The molecule has 0 aliphatic rings. The molecule has 3 aromatic rings. The summed E-state index contributed by atoms with van der Waals surface area (Å²) >= 11 is 0. The van der Waals surface area contributed by atoms with Crippen molar-refractivity contribution in [1.82, 2.24) is 15.5 Å². The van der Waals surface area contributed by atoms with Gasteiger partial charge in [-0.15, -0.1) is 0 Å². The lowest BCUT2D eigenvalue weighted by Crippen LogP contribution is -2.54. The number of rotatable bonds is 14. The van der Waals surface area contributed by atoms with Crippen molar-refractivity contribution >= 4 is 29.4 Å². The summed E-state index contributed by atoms with van der Waals surface area (Å²) in [6, 6.07) is 17.5. The van der Waals surface area contributed by atoms with Crippen molar-refractivity contribution in [1.29, 1.82) is 0 Å². The van der Waals surface area contributed by atoms with E-state index in [0.717, 1.165) is 16.5 Å². The lowest BCUT2D eigenvalue weighted by molar-refractivity contribution is -0.385. The number of hydrogen-bond acceptors (Lipinski definition) is 8. The van der Waals surface area contributed by atoms with Crippen LogP contribution in [0.1, 0.15) is 23.6 Å². The summed E-state index contributed by atoms with van der Waals surface area (Å²) in [5, 5.41) is 36.3. The van der Waals surface area contributed by atoms with Crippen molar-refractivity contribution in [2.75, 3.05) is 6.54 Å². The number of nitro groups is 1. The molecule has 3 amide bonds. The largest absolute Gasteiger partial charge is 0.507 e. The van der Waals surface area contributed by atoms with E-state index in [1.807, 2.05) is 0 Å². The first-order valence-corrected chi connectivity index (χ1v) is 13.4. The van der Waals surface area contributed by atoms with Crippen molar-refractivity contribution in [3.05, 3.63) is 106 Å². The number of benzene rings is 3. The molecule has 0 aliphatic heterocycles. The van der Waals surface area contributed by atoms with Gasteiger partial charge in [0.2, 0.25) is 17.7 Å². The summed E-state index contributed by atoms with van der Waals surface area (Å²) < 4.78 is 0. The quantitative estimate of drug-likeness (QED) is 0.136. The maximum absolute atomic E-state index is 13.5. The fraction of sp³-hybridized carbons (Fsp3) is 0.267. The van der Waals surface area contributed by atoms with E-state index < -0.39 is 71.3 Å². The van der Waals surface area contributed by atoms with E-state index >= 15 is 0 Å². The number of nitrogens with two attached hydrogens (primary N) is 1. The highest BCUT2D eigenvalue weighted by Crippen LogP contribution is 2.29. The third kappa shape index (κ3) is 9.10. The molecule has 3 rings (SSSR count). The molecule has 3 aromatic carbocycles. The van der Waals surface area contributed by atoms with E-state index in [0.29, 0.717) is 5.56 Å². The van der Waals surface area contributed by atoms with Crippen molar-refractivity contribution in [3.8, 4) is 5.75 Å². The molecule has 13 heteroatoms. The molecule has 43 heavy (non-hydrogen) atoms. The molecular formula is C30H33N5O8. The van der Waals surface area contributed by atoms with Crippen LogP contribution in [-0.4, -0.2) is 68.4 Å². The molecule has 0 unspecified atom stereocenters.